The minimum Gasteiger partial charge on any atom is -0.493 e. The lowest BCUT2D eigenvalue weighted by Crippen LogP contribution is -2.66. The first-order chi connectivity index (χ1) is 30.5. The van der Waals surface area contributed by atoms with Crippen LogP contribution in [0.1, 0.15) is 59.1 Å². The number of rotatable bonds is 24. The number of hydrazine groups is 1. The maximum absolute atomic E-state index is 14.3. The summed E-state index contributed by atoms with van der Waals surface area (Å²) < 4.78 is 16.8. The highest BCUT2D eigenvalue weighted by Gasteiger charge is 2.43. The highest BCUT2D eigenvalue weighted by atomic mass is 16.5. The Bertz CT molecular complexity index is 1710. The van der Waals surface area contributed by atoms with Crippen LogP contribution in [0.15, 0.2) is 54.6 Å². The van der Waals surface area contributed by atoms with Crippen molar-refractivity contribution in [1.29, 1.82) is 0 Å². The molecule has 64 heavy (non-hydrogen) atoms. The number of aryl methyl sites for hydroxylation is 1. The second-order valence-electron chi connectivity index (χ2n) is 18.2. The van der Waals surface area contributed by atoms with Gasteiger partial charge in [-0.3, -0.25) is 24.8 Å². The van der Waals surface area contributed by atoms with E-state index in [0.29, 0.717) is 78.0 Å². The summed E-state index contributed by atoms with van der Waals surface area (Å²) in [5, 5.41) is 22.4. The number of hydrogen-bond acceptors (Lipinski definition) is 11. The van der Waals surface area contributed by atoms with Gasteiger partial charge in [0.05, 0.1) is 33.0 Å². The van der Waals surface area contributed by atoms with Gasteiger partial charge in [-0.05, 0) is 47.9 Å². The van der Waals surface area contributed by atoms with Crippen LogP contribution in [0.2, 0.25) is 0 Å². The number of amides is 6. The van der Waals surface area contributed by atoms with Crippen LogP contribution >= 0.6 is 0 Å². The molecule has 2 aromatic carbocycles. The van der Waals surface area contributed by atoms with Gasteiger partial charge >= 0.3 is 12.1 Å². The Hall–Kier alpha value is -4.52. The SMILES string of the molecule is CC(C)COc1ccc(CN(C[C@H](CCc2ccccc2)NC(=O)[C@@](O)(NC(=O)N(C)CCN2CCOCC2)C(C)C)NC(=O)[C@@H](NC(=O)N(C)CCN2CCOCC2)C(C)C)cc1. The number of ether oxygens (including phenoxy) is 3. The molecular formula is C47H77N9O8. The van der Waals surface area contributed by atoms with Crippen molar-refractivity contribution in [3.63, 3.8) is 0 Å². The topological polar surface area (TPSA) is 181 Å². The van der Waals surface area contributed by atoms with Crippen LogP contribution in [0.5, 0.6) is 5.75 Å². The molecule has 0 spiro atoms. The summed E-state index contributed by atoms with van der Waals surface area (Å²) in [5.74, 6) is -1.06. The van der Waals surface area contributed by atoms with Crippen molar-refractivity contribution in [2.45, 2.75) is 78.7 Å². The van der Waals surface area contributed by atoms with Crippen molar-refractivity contribution in [1.82, 2.24) is 46.0 Å². The van der Waals surface area contributed by atoms with Crippen LogP contribution in [-0.2, 0) is 32.0 Å². The molecule has 0 aromatic heterocycles. The monoisotopic (exact) mass is 896 g/mol. The Labute approximate surface area is 381 Å². The van der Waals surface area contributed by atoms with Crippen LogP contribution in [0.3, 0.4) is 0 Å². The molecule has 2 fully saturated rings. The quantitative estimate of drug-likeness (QED) is 0.0773. The summed E-state index contributed by atoms with van der Waals surface area (Å²) in [6.45, 7) is 20.2. The third kappa shape index (κ3) is 17.5. The van der Waals surface area contributed by atoms with Crippen molar-refractivity contribution >= 4 is 23.9 Å². The summed E-state index contributed by atoms with van der Waals surface area (Å²) in [7, 11) is 3.35. The summed E-state index contributed by atoms with van der Waals surface area (Å²) in [6.07, 6.45) is 1.01. The fourth-order valence-corrected chi connectivity index (χ4v) is 7.24. The smallest absolute Gasteiger partial charge is 0.319 e. The second kappa shape index (κ2) is 26.4. The summed E-state index contributed by atoms with van der Waals surface area (Å²) >= 11 is 0. The third-order valence-electron chi connectivity index (χ3n) is 11.7. The van der Waals surface area contributed by atoms with E-state index in [4.69, 9.17) is 14.2 Å². The first-order valence-corrected chi connectivity index (χ1v) is 23.0. The van der Waals surface area contributed by atoms with E-state index in [1.54, 1.807) is 37.9 Å². The zero-order valence-corrected chi connectivity index (χ0v) is 39.6. The highest BCUT2D eigenvalue weighted by molar-refractivity contribution is 5.90. The normalized spacial score (nSPS) is 16.8. The van der Waals surface area contributed by atoms with Gasteiger partial charge in [0.15, 0.2) is 0 Å². The van der Waals surface area contributed by atoms with Crippen LogP contribution < -0.4 is 26.1 Å². The lowest BCUT2D eigenvalue weighted by molar-refractivity contribution is -0.148. The maximum Gasteiger partial charge on any atom is 0.319 e. The largest absolute Gasteiger partial charge is 0.493 e. The first-order valence-electron chi connectivity index (χ1n) is 23.0. The van der Waals surface area contributed by atoms with Crippen LogP contribution in [0.4, 0.5) is 9.59 Å². The maximum atomic E-state index is 14.3. The van der Waals surface area contributed by atoms with Crippen LogP contribution in [-0.4, -0.2) is 177 Å². The molecule has 2 aromatic rings. The number of nitrogens with zero attached hydrogens (tertiary/aromatic N) is 5. The molecule has 2 aliphatic heterocycles. The molecular weight excluding hydrogens is 819 g/mol. The predicted molar refractivity (Wildman–Crippen MR) is 247 cm³/mol. The van der Waals surface area contributed by atoms with E-state index in [1.807, 2.05) is 68.4 Å². The summed E-state index contributed by atoms with van der Waals surface area (Å²) in [6, 6.07) is 15.0. The predicted octanol–water partition coefficient (Wildman–Crippen LogP) is 2.99. The first kappa shape index (κ1) is 52.1. The van der Waals surface area contributed by atoms with Crippen LogP contribution in [0.25, 0.3) is 0 Å². The number of likely N-dealkylation sites (N-methyl/N-ethyl adjacent to an activating group) is 2. The number of urea groups is 2. The van der Waals surface area contributed by atoms with Gasteiger partial charge < -0.3 is 45.1 Å². The number of carbonyl (C=O) groups excluding carboxylic acids is 4. The molecule has 0 radical (unpaired) electrons. The molecule has 17 nitrogen and oxygen atoms in total. The van der Waals surface area contributed by atoms with Gasteiger partial charge in [0.1, 0.15) is 11.8 Å². The van der Waals surface area contributed by atoms with Crippen molar-refractivity contribution < 1.29 is 38.5 Å². The molecule has 2 aliphatic rings. The van der Waals surface area contributed by atoms with Crippen molar-refractivity contribution in [3.8, 4) is 5.75 Å². The fraction of sp³-hybridized carbons (Fsp3) is 0.660. The number of aliphatic hydroxyl groups is 1. The molecule has 0 saturated carbocycles. The molecule has 2 heterocycles. The molecule has 4 rings (SSSR count). The third-order valence-corrected chi connectivity index (χ3v) is 11.7. The number of nitrogens with one attached hydrogen (secondary N) is 4. The Kier molecular flexibility index (Phi) is 21.5. The molecule has 0 aliphatic carbocycles. The number of carbonyl (C=O) groups is 4. The Morgan fingerprint density at radius 3 is 1.86 bits per heavy atom. The lowest BCUT2D eigenvalue weighted by atomic mass is 9.97. The average Bonchev–Trinajstić information content (AvgIpc) is 3.28. The molecule has 6 amide bonds. The summed E-state index contributed by atoms with van der Waals surface area (Å²) in [5.41, 5.74) is 2.74. The molecule has 2 saturated heterocycles. The minimum atomic E-state index is -2.25. The van der Waals surface area contributed by atoms with Crippen molar-refractivity contribution in [3.05, 3.63) is 65.7 Å². The van der Waals surface area contributed by atoms with Gasteiger partial charge in [-0.2, -0.15) is 0 Å². The van der Waals surface area contributed by atoms with Gasteiger partial charge in [-0.1, -0.05) is 84.0 Å². The van der Waals surface area contributed by atoms with E-state index in [-0.39, 0.29) is 25.0 Å². The lowest BCUT2D eigenvalue weighted by Gasteiger charge is -2.36. The average molecular weight is 896 g/mol. The fourth-order valence-electron chi connectivity index (χ4n) is 7.24. The van der Waals surface area contributed by atoms with E-state index in [0.717, 1.165) is 43.1 Å². The number of benzene rings is 2. The summed E-state index contributed by atoms with van der Waals surface area (Å²) in [4.78, 5) is 63.1. The number of hydrogen-bond donors (Lipinski definition) is 5. The zero-order valence-electron chi connectivity index (χ0n) is 39.6. The molecule has 5 N–H and O–H groups in total. The van der Waals surface area contributed by atoms with Gasteiger partial charge in [-0.15, -0.1) is 0 Å². The van der Waals surface area contributed by atoms with E-state index in [1.165, 1.54) is 4.90 Å². The Morgan fingerprint density at radius 2 is 1.33 bits per heavy atom. The minimum absolute atomic E-state index is 0.121. The van der Waals surface area contributed by atoms with E-state index in [9.17, 15) is 24.3 Å². The van der Waals surface area contributed by atoms with Gasteiger partial charge in [-0.25, -0.2) is 14.6 Å². The second-order valence-corrected chi connectivity index (χ2v) is 18.2. The standard InChI is InChI=1S/C47H77N9O8/c1-35(2)34-64-41-18-15-39(16-19-41)32-56(51-43(57)42(36(3)4)49-45(59)52(7)20-22-54-24-28-62-29-25-54)33-40(17-14-38-12-10-9-11-13-38)48-44(58)47(61,37(5)6)50-46(60)53(8)21-23-55-26-30-63-31-27-55/h9-13,15-16,18-19,35-37,40,42,61H,14,17,20-34H2,1-8H3,(H,48,58)(H,49,59)(H,50,60)(H,51,57)/t40-,42-,47+/m0/s1. The van der Waals surface area contributed by atoms with E-state index in [2.05, 4.69) is 45.0 Å². The van der Waals surface area contributed by atoms with Gasteiger partial charge in [0.2, 0.25) is 5.72 Å². The Balaban J connectivity index is 1.55. The zero-order chi connectivity index (χ0) is 46.6. The van der Waals surface area contributed by atoms with Crippen molar-refractivity contribution in [2.75, 3.05) is 106 Å². The van der Waals surface area contributed by atoms with E-state index < -0.39 is 41.6 Å². The highest BCUT2D eigenvalue weighted by Crippen LogP contribution is 2.19. The molecule has 0 unspecified atom stereocenters. The van der Waals surface area contributed by atoms with Crippen molar-refractivity contribution in [2.24, 2.45) is 17.8 Å². The Morgan fingerprint density at radius 1 is 0.766 bits per heavy atom. The van der Waals surface area contributed by atoms with Gasteiger partial charge in [0.25, 0.3) is 11.8 Å². The molecule has 17 heteroatoms. The molecule has 358 valence electrons. The molecule has 3 atom stereocenters. The van der Waals surface area contributed by atoms with E-state index >= 15 is 0 Å². The molecule has 0 bridgehead atoms. The van der Waals surface area contributed by atoms with Gasteiger partial charge in [0, 0.05) is 91.5 Å². The van der Waals surface area contributed by atoms with Crippen LogP contribution in [0, 0.1) is 17.8 Å². The number of morpholine rings is 2.